The standard InChI is InChI=1S/C48H94O3/c1-5-45(3)41-37-33-29-25-21-17-13-9-7-11-15-19-23-27-31-35-39-43-47(49)51-48(50)44-40-36-32-28-24-20-16-12-8-10-14-18-22-26-30-34-38-42-46(4)6-2/h45-46H,5-44H2,1-4H3. The van der Waals surface area contributed by atoms with Crippen molar-refractivity contribution < 1.29 is 14.3 Å². The van der Waals surface area contributed by atoms with Crippen LogP contribution in [0.25, 0.3) is 0 Å². The van der Waals surface area contributed by atoms with E-state index in [0.29, 0.717) is 12.8 Å². The van der Waals surface area contributed by atoms with Crippen LogP contribution in [-0.4, -0.2) is 11.9 Å². The van der Waals surface area contributed by atoms with Crippen LogP contribution in [0.15, 0.2) is 0 Å². The monoisotopic (exact) mass is 719 g/mol. The number of esters is 2. The van der Waals surface area contributed by atoms with Crippen molar-refractivity contribution in [2.24, 2.45) is 11.8 Å². The van der Waals surface area contributed by atoms with E-state index < -0.39 is 0 Å². The molecule has 51 heavy (non-hydrogen) atoms. The second-order valence-corrected chi connectivity index (χ2v) is 17.0. The summed E-state index contributed by atoms with van der Waals surface area (Å²) in [4.78, 5) is 24.1. The van der Waals surface area contributed by atoms with Gasteiger partial charge < -0.3 is 4.74 Å². The zero-order valence-corrected chi connectivity index (χ0v) is 35.7. The van der Waals surface area contributed by atoms with E-state index in [1.807, 2.05) is 0 Å². The first-order valence-corrected chi connectivity index (χ1v) is 23.7. The summed E-state index contributed by atoms with van der Waals surface area (Å²) in [7, 11) is 0. The van der Waals surface area contributed by atoms with Crippen molar-refractivity contribution in [3.63, 3.8) is 0 Å². The molecule has 0 rings (SSSR count). The van der Waals surface area contributed by atoms with Gasteiger partial charge in [-0.25, -0.2) is 0 Å². The first kappa shape index (κ1) is 50.1. The van der Waals surface area contributed by atoms with E-state index in [1.165, 1.54) is 218 Å². The predicted molar refractivity (Wildman–Crippen MR) is 225 cm³/mol. The van der Waals surface area contributed by atoms with E-state index in [0.717, 1.165) is 37.5 Å². The minimum Gasteiger partial charge on any atom is -0.393 e. The molecule has 304 valence electrons. The molecule has 2 unspecified atom stereocenters. The average Bonchev–Trinajstić information content (AvgIpc) is 3.13. The molecule has 0 aromatic carbocycles. The van der Waals surface area contributed by atoms with E-state index in [-0.39, 0.29) is 11.9 Å². The molecule has 3 heteroatoms. The Balaban J connectivity index is 3.27. The van der Waals surface area contributed by atoms with Crippen LogP contribution >= 0.6 is 0 Å². The van der Waals surface area contributed by atoms with E-state index in [2.05, 4.69) is 27.7 Å². The quantitative estimate of drug-likeness (QED) is 0.0358. The van der Waals surface area contributed by atoms with Gasteiger partial charge in [0.1, 0.15) is 0 Å². The normalized spacial score (nSPS) is 12.7. The van der Waals surface area contributed by atoms with Crippen molar-refractivity contribution in [1.29, 1.82) is 0 Å². The molecule has 0 radical (unpaired) electrons. The summed E-state index contributed by atoms with van der Waals surface area (Å²) in [5, 5.41) is 0. The maximum Gasteiger partial charge on any atom is 0.313 e. The van der Waals surface area contributed by atoms with Gasteiger partial charge in [0.25, 0.3) is 0 Å². The molecule has 0 N–H and O–H groups in total. The second kappa shape index (κ2) is 41.9. The zero-order valence-electron chi connectivity index (χ0n) is 35.7. The fraction of sp³-hybridized carbons (Fsp3) is 0.958. The fourth-order valence-electron chi connectivity index (χ4n) is 7.46. The molecular formula is C48H94O3. The summed E-state index contributed by atoms with van der Waals surface area (Å²) < 4.78 is 5.06. The molecule has 0 saturated heterocycles. The smallest absolute Gasteiger partial charge is 0.313 e. The first-order chi connectivity index (χ1) is 25.0. The molecule has 0 aromatic heterocycles. The lowest BCUT2D eigenvalue weighted by atomic mass is 9.99. The van der Waals surface area contributed by atoms with Crippen LogP contribution < -0.4 is 0 Å². The fourth-order valence-corrected chi connectivity index (χ4v) is 7.46. The topological polar surface area (TPSA) is 43.4 Å². The molecule has 0 heterocycles. The molecule has 0 saturated carbocycles. The Kier molecular flexibility index (Phi) is 41.2. The first-order valence-electron chi connectivity index (χ1n) is 23.7. The Morgan fingerprint density at radius 2 is 0.490 bits per heavy atom. The highest BCUT2D eigenvalue weighted by molar-refractivity contribution is 5.85. The number of carbonyl (C=O) groups is 2. The Labute approximate surface area is 321 Å². The average molecular weight is 719 g/mol. The van der Waals surface area contributed by atoms with Gasteiger partial charge in [0.05, 0.1) is 0 Å². The molecule has 0 aliphatic carbocycles. The molecule has 0 bridgehead atoms. The van der Waals surface area contributed by atoms with Gasteiger partial charge >= 0.3 is 11.9 Å². The number of hydrogen-bond acceptors (Lipinski definition) is 3. The van der Waals surface area contributed by atoms with Gasteiger partial charge in [0, 0.05) is 12.8 Å². The molecule has 0 fully saturated rings. The molecule has 0 spiro atoms. The van der Waals surface area contributed by atoms with Crippen LogP contribution in [-0.2, 0) is 14.3 Å². The van der Waals surface area contributed by atoms with Gasteiger partial charge in [-0.15, -0.1) is 0 Å². The maximum atomic E-state index is 12.0. The van der Waals surface area contributed by atoms with Crippen molar-refractivity contribution in [2.45, 2.75) is 285 Å². The number of hydrogen-bond donors (Lipinski definition) is 0. The third-order valence-electron chi connectivity index (χ3n) is 11.8. The third kappa shape index (κ3) is 41.8. The molecular weight excluding hydrogens is 625 g/mol. The van der Waals surface area contributed by atoms with Crippen LogP contribution in [0.5, 0.6) is 0 Å². The number of rotatable bonds is 42. The molecule has 0 aromatic rings. The summed E-state index contributed by atoms with van der Waals surface area (Å²) in [6.07, 6.45) is 51.8. The van der Waals surface area contributed by atoms with Gasteiger partial charge in [0.15, 0.2) is 0 Å². The molecule has 0 aliphatic heterocycles. The summed E-state index contributed by atoms with van der Waals surface area (Å²) in [5.41, 5.74) is 0. The van der Waals surface area contributed by atoms with Crippen molar-refractivity contribution in [3.05, 3.63) is 0 Å². The van der Waals surface area contributed by atoms with Gasteiger partial charge in [-0.2, -0.15) is 0 Å². The Morgan fingerprint density at radius 3 is 0.686 bits per heavy atom. The summed E-state index contributed by atoms with van der Waals surface area (Å²) in [5.74, 6) is 1.20. The second-order valence-electron chi connectivity index (χ2n) is 17.0. The molecule has 0 amide bonds. The summed E-state index contributed by atoms with van der Waals surface area (Å²) in [6.45, 7) is 9.39. The van der Waals surface area contributed by atoms with Crippen molar-refractivity contribution in [3.8, 4) is 0 Å². The van der Waals surface area contributed by atoms with Gasteiger partial charge in [-0.3, -0.25) is 9.59 Å². The van der Waals surface area contributed by atoms with Crippen LogP contribution in [0.3, 0.4) is 0 Å². The van der Waals surface area contributed by atoms with Crippen molar-refractivity contribution in [2.75, 3.05) is 0 Å². The molecule has 2 atom stereocenters. The summed E-state index contributed by atoms with van der Waals surface area (Å²) >= 11 is 0. The van der Waals surface area contributed by atoms with E-state index in [9.17, 15) is 9.59 Å². The number of ether oxygens (including phenoxy) is 1. The Bertz CT molecular complexity index is 645. The largest absolute Gasteiger partial charge is 0.393 e. The van der Waals surface area contributed by atoms with E-state index in [1.54, 1.807) is 0 Å². The zero-order chi connectivity index (χ0) is 37.3. The highest BCUT2D eigenvalue weighted by Gasteiger charge is 2.10. The molecule has 0 aliphatic rings. The number of carbonyl (C=O) groups excluding carboxylic acids is 2. The minimum atomic E-state index is -0.319. The van der Waals surface area contributed by atoms with Crippen molar-refractivity contribution >= 4 is 11.9 Å². The lowest BCUT2D eigenvalue weighted by Crippen LogP contribution is -2.11. The van der Waals surface area contributed by atoms with Crippen LogP contribution in [0.4, 0.5) is 0 Å². The van der Waals surface area contributed by atoms with Crippen LogP contribution in [0.2, 0.25) is 0 Å². The van der Waals surface area contributed by atoms with Gasteiger partial charge in [-0.1, -0.05) is 259 Å². The highest BCUT2D eigenvalue weighted by Crippen LogP contribution is 2.18. The lowest BCUT2D eigenvalue weighted by Gasteiger charge is -2.07. The maximum absolute atomic E-state index is 12.0. The van der Waals surface area contributed by atoms with Crippen LogP contribution in [0.1, 0.15) is 285 Å². The lowest BCUT2D eigenvalue weighted by molar-refractivity contribution is -0.159. The van der Waals surface area contributed by atoms with E-state index >= 15 is 0 Å². The van der Waals surface area contributed by atoms with Crippen LogP contribution in [0, 0.1) is 11.8 Å². The Hall–Kier alpha value is -0.860. The van der Waals surface area contributed by atoms with Gasteiger partial charge in [-0.05, 0) is 24.7 Å². The summed E-state index contributed by atoms with van der Waals surface area (Å²) in [6, 6.07) is 0. The SMILES string of the molecule is CCC(C)CCCCCCCCCCCCCCCCCCCC(=O)OC(=O)CCCCCCCCCCCCCCCCCCCC(C)CC. The molecule has 3 nitrogen and oxygen atoms in total. The van der Waals surface area contributed by atoms with E-state index in [4.69, 9.17) is 4.74 Å². The van der Waals surface area contributed by atoms with Gasteiger partial charge in [0.2, 0.25) is 0 Å². The minimum absolute atomic E-state index is 0.319. The Morgan fingerprint density at radius 1 is 0.314 bits per heavy atom. The highest BCUT2D eigenvalue weighted by atomic mass is 16.6. The third-order valence-corrected chi connectivity index (χ3v) is 11.8. The van der Waals surface area contributed by atoms with Crippen molar-refractivity contribution in [1.82, 2.24) is 0 Å². The number of unbranched alkanes of at least 4 members (excludes halogenated alkanes) is 32. The predicted octanol–water partition coefficient (Wildman–Crippen LogP) is 17.0.